The molecule has 3 rings (SSSR count). The fourth-order valence-corrected chi connectivity index (χ4v) is 3.60. The highest BCUT2D eigenvalue weighted by molar-refractivity contribution is 8.13. The van der Waals surface area contributed by atoms with Crippen LogP contribution in [0, 0.1) is 0 Å². The Morgan fingerprint density at radius 2 is 1.84 bits per heavy atom. The summed E-state index contributed by atoms with van der Waals surface area (Å²) in [5.74, 6) is 0.435. The molecule has 0 saturated heterocycles. The van der Waals surface area contributed by atoms with Gasteiger partial charge in [0.15, 0.2) is 0 Å². The standard InChI is InChI=1S/C17H19NS/c1-11-15-13-8-6-5-7-12(13)9-10-14(15)16(19-4)18-17(11,2)3/h5-11H,1-4H3. The van der Waals surface area contributed by atoms with Crippen molar-refractivity contribution in [3.63, 3.8) is 0 Å². The monoisotopic (exact) mass is 269 g/mol. The Morgan fingerprint density at radius 1 is 1.11 bits per heavy atom. The number of rotatable bonds is 0. The van der Waals surface area contributed by atoms with Crippen LogP contribution in [0.5, 0.6) is 0 Å². The maximum absolute atomic E-state index is 4.94. The minimum absolute atomic E-state index is 0.0323. The Morgan fingerprint density at radius 3 is 2.58 bits per heavy atom. The zero-order valence-corrected chi connectivity index (χ0v) is 12.7. The van der Waals surface area contributed by atoms with Gasteiger partial charge in [-0.05, 0) is 36.4 Å². The van der Waals surface area contributed by atoms with Gasteiger partial charge in [0.05, 0.1) is 10.6 Å². The second kappa shape index (κ2) is 4.38. The molecule has 0 N–H and O–H groups in total. The molecule has 1 nitrogen and oxygen atoms in total. The van der Waals surface area contributed by atoms with Crippen LogP contribution in [-0.2, 0) is 0 Å². The highest BCUT2D eigenvalue weighted by atomic mass is 32.2. The molecule has 1 unspecified atom stereocenters. The van der Waals surface area contributed by atoms with E-state index in [1.807, 2.05) is 0 Å². The van der Waals surface area contributed by atoms with E-state index in [1.165, 1.54) is 26.9 Å². The summed E-state index contributed by atoms with van der Waals surface area (Å²) >= 11 is 1.75. The highest BCUT2D eigenvalue weighted by Crippen LogP contribution is 2.42. The first-order chi connectivity index (χ1) is 9.04. The molecule has 0 aromatic heterocycles. The maximum Gasteiger partial charge on any atom is 0.0984 e. The molecule has 1 aliphatic rings. The first-order valence-corrected chi connectivity index (χ1v) is 7.93. The zero-order chi connectivity index (χ0) is 13.6. The van der Waals surface area contributed by atoms with Crippen molar-refractivity contribution < 1.29 is 0 Å². The number of aliphatic imine (C=N–C) groups is 1. The fourth-order valence-electron chi connectivity index (χ4n) is 2.88. The van der Waals surface area contributed by atoms with Crippen LogP contribution in [-0.4, -0.2) is 16.8 Å². The molecule has 2 heteroatoms. The minimum Gasteiger partial charge on any atom is -0.271 e. The van der Waals surface area contributed by atoms with Crippen molar-refractivity contribution in [2.75, 3.05) is 6.26 Å². The number of fused-ring (bicyclic) bond motifs is 3. The Kier molecular flexibility index (Phi) is 2.94. The average Bonchev–Trinajstić information content (AvgIpc) is 2.42. The molecule has 2 aromatic rings. The number of thioether (sulfide) groups is 1. The van der Waals surface area contributed by atoms with Crippen molar-refractivity contribution in [2.45, 2.75) is 32.2 Å². The topological polar surface area (TPSA) is 12.4 Å². The molecule has 1 atom stereocenters. The molecule has 0 aliphatic carbocycles. The summed E-state index contributed by atoms with van der Waals surface area (Å²) in [5.41, 5.74) is 2.75. The summed E-state index contributed by atoms with van der Waals surface area (Å²) in [6, 6.07) is 13.1. The van der Waals surface area contributed by atoms with E-state index in [0.29, 0.717) is 5.92 Å². The normalized spacial score (nSPS) is 21.1. The Hall–Kier alpha value is -1.28. The lowest BCUT2D eigenvalue weighted by Crippen LogP contribution is -2.31. The molecule has 1 heterocycles. The van der Waals surface area contributed by atoms with Crippen LogP contribution in [0.25, 0.3) is 10.8 Å². The van der Waals surface area contributed by atoms with Gasteiger partial charge in [0.2, 0.25) is 0 Å². The number of hydrogen-bond donors (Lipinski definition) is 0. The largest absolute Gasteiger partial charge is 0.271 e. The highest BCUT2D eigenvalue weighted by Gasteiger charge is 2.34. The first kappa shape index (κ1) is 12.7. The molecule has 0 fully saturated rings. The van der Waals surface area contributed by atoms with E-state index in [1.54, 1.807) is 11.8 Å². The van der Waals surface area contributed by atoms with Gasteiger partial charge >= 0.3 is 0 Å². The molecule has 98 valence electrons. The van der Waals surface area contributed by atoms with Crippen LogP contribution in [0.4, 0.5) is 0 Å². The summed E-state index contributed by atoms with van der Waals surface area (Å²) < 4.78 is 0. The molecule has 19 heavy (non-hydrogen) atoms. The Balaban J connectivity index is 2.38. The summed E-state index contributed by atoms with van der Waals surface area (Å²) in [5, 5.41) is 3.87. The van der Waals surface area contributed by atoms with Crippen LogP contribution < -0.4 is 0 Å². The second-order valence-electron chi connectivity index (χ2n) is 5.74. The van der Waals surface area contributed by atoms with E-state index in [9.17, 15) is 0 Å². The van der Waals surface area contributed by atoms with Crippen molar-refractivity contribution in [2.24, 2.45) is 4.99 Å². The van der Waals surface area contributed by atoms with Crippen LogP contribution >= 0.6 is 11.8 Å². The molecule has 0 bridgehead atoms. The van der Waals surface area contributed by atoms with Gasteiger partial charge in [0.1, 0.15) is 0 Å². The predicted octanol–water partition coefficient (Wildman–Crippen LogP) is 4.85. The van der Waals surface area contributed by atoms with Crippen molar-refractivity contribution >= 4 is 27.6 Å². The van der Waals surface area contributed by atoms with Crippen LogP contribution in [0.3, 0.4) is 0 Å². The van der Waals surface area contributed by atoms with Gasteiger partial charge in [-0.2, -0.15) is 0 Å². The molecule has 0 spiro atoms. The van der Waals surface area contributed by atoms with Crippen LogP contribution in [0.15, 0.2) is 41.4 Å². The van der Waals surface area contributed by atoms with Gasteiger partial charge in [-0.3, -0.25) is 4.99 Å². The SMILES string of the molecule is CSC1=NC(C)(C)C(C)c2c1ccc1ccccc21. The third-order valence-electron chi connectivity index (χ3n) is 4.28. The third kappa shape index (κ3) is 1.90. The van der Waals surface area contributed by atoms with E-state index in [2.05, 4.69) is 63.4 Å². The molecule has 2 aromatic carbocycles. The van der Waals surface area contributed by atoms with Gasteiger partial charge in [-0.15, -0.1) is 11.8 Å². The fraction of sp³-hybridized carbons (Fsp3) is 0.353. The summed E-state index contributed by atoms with van der Waals surface area (Å²) in [7, 11) is 0. The number of nitrogens with zero attached hydrogens (tertiary/aromatic N) is 1. The van der Waals surface area contributed by atoms with Crippen LogP contribution in [0.2, 0.25) is 0 Å². The summed E-state index contributed by atoms with van der Waals surface area (Å²) in [4.78, 5) is 4.94. The number of hydrogen-bond acceptors (Lipinski definition) is 2. The van der Waals surface area contributed by atoms with E-state index in [4.69, 9.17) is 4.99 Å². The van der Waals surface area contributed by atoms with Crippen molar-refractivity contribution in [3.8, 4) is 0 Å². The third-order valence-corrected chi connectivity index (χ3v) is 4.97. The quantitative estimate of drug-likeness (QED) is 0.666. The smallest absolute Gasteiger partial charge is 0.0984 e. The van der Waals surface area contributed by atoms with Gasteiger partial charge < -0.3 is 0 Å². The molecule has 0 amide bonds. The molecule has 1 aliphatic heterocycles. The first-order valence-electron chi connectivity index (χ1n) is 6.70. The van der Waals surface area contributed by atoms with E-state index in [-0.39, 0.29) is 5.54 Å². The Labute approximate surface area is 119 Å². The number of benzene rings is 2. The summed E-state index contributed by atoms with van der Waals surface area (Å²) in [6.07, 6.45) is 2.11. The molecular formula is C17H19NS. The minimum atomic E-state index is -0.0323. The van der Waals surface area contributed by atoms with Gasteiger partial charge in [0.25, 0.3) is 0 Å². The maximum atomic E-state index is 4.94. The lowest BCUT2D eigenvalue weighted by atomic mass is 9.77. The average molecular weight is 269 g/mol. The van der Waals surface area contributed by atoms with E-state index < -0.39 is 0 Å². The van der Waals surface area contributed by atoms with Gasteiger partial charge in [0, 0.05) is 11.5 Å². The lowest BCUT2D eigenvalue weighted by molar-refractivity contribution is 0.436. The van der Waals surface area contributed by atoms with Gasteiger partial charge in [-0.1, -0.05) is 43.3 Å². The Bertz CT molecular complexity index is 670. The van der Waals surface area contributed by atoms with Gasteiger partial charge in [-0.25, -0.2) is 0 Å². The van der Waals surface area contributed by atoms with Crippen molar-refractivity contribution in [3.05, 3.63) is 47.5 Å². The molecule has 0 saturated carbocycles. The predicted molar refractivity (Wildman–Crippen MR) is 86.5 cm³/mol. The second-order valence-corrected chi connectivity index (χ2v) is 6.54. The van der Waals surface area contributed by atoms with Crippen LogP contribution in [0.1, 0.15) is 37.8 Å². The van der Waals surface area contributed by atoms with E-state index >= 15 is 0 Å². The zero-order valence-electron chi connectivity index (χ0n) is 11.9. The molecule has 0 radical (unpaired) electrons. The molecular weight excluding hydrogens is 250 g/mol. The lowest BCUT2D eigenvalue weighted by Gasteiger charge is -2.35. The summed E-state index contributed by atoms with van der Waals surface area (Å²) in [6.45, 7) is 6.77. The van der Waals surface area contributed by atoms with E-state index in [0.717, 1.165) is 0 Å². The van der Waals surface area contributed by atoms with Crippen molar-refractivity contribution in [1.82, 2.24) is 0 Å². The van der Waals surface area contributed by atoms with Crippen molar-refractivity contribution in [1.29, 1.82) is 0 Å².